The Morgan fingerprint density at radius 3 is 2.23 bits per heavy atom. The summed E-state index contributed by atoms with van der Waals surface area (Å²) in [7, 11) is 0. The summed E-state index contributed by atoms with van der Waals surface area (Å²) in [6.45, 7) is 1.75. The van der Waals surface area contributed by atoms with E-state index < -0.39 is 30.1 Å². The van der Waals surface area contributed by atoms with Crippen molar-refractivity contribution in [3.05, 3.63) is 65.2 Å². The van der Waals surface area contributed by atoms with Gasteiger partial charge in [-0.2, -0.15) is 27.2 Å². The fourth-order valence-electron chi connectivity index (χ4n) is 2.25. The normalized spacial score (nSPS) is 13.3. The van der Waals surface area contributed by atoms with Gasteiger partial charge in [0.05, 0.1) is 0 Å². The fourth-order valence-corrected chi connectivity index (χ4v) is 2.25. The van der Waals surface area contributed by atoms with Crippen molar-refractivity contribution >= 4 is 17.7 Å². The Kier molecular flexibility index (Phi) is 6.77. The molecule has 2 rings (SSSR count). The quantitative estimate of drug-likeness (QED) is 0.380. The molecule has 0 fully saturated rings. The number of nitrogens with zero attached hydrogens (tertiary/aromatic N) is 1. The highest BCUT2D eigenvalue weighted by Crippen LogP contribution is 2.36. The van der Waals surface area contributed by atoms with Gasteiger partial charge in [-0.15, -0.1) is 0 Å². The third kappa shape index (κ3) is 5.76. The van der Waals surface area contributed by atoms with Crippen LogP contribution in [0.15, 0.2) is 54.1 Å². The molecule has 0 spiro atoms. The number of benzene rings is 2. The molecule has 0 radical (unpaired) electrons. The zero-order valence-electron chi connectivity index (χ0n) is 15.3. The first kappa shape index (κ1) is 22.8. The van der Waals surface area contributed by atoms with Crippen molar-refractivity contribution in [1.29, 1.82) is 5.26 Å². The summed E-state index contributed by atoms with van der Waals surface area (Å²) in [4.78, 5) is 12.2. The minimum atomic E-state index is -5.79. The molecule has 0 saturated carbocycles. The average molecular weight is 428 g/mol. The van der Waals surface area contributed by atoms with Gasteiger partial charge in [0.1, 0.15) is 17.4 Å². The van der Waals surface area contributed by atoms with Crippen LogP contribution in [-0.4, -0.2) is 24.4 Å². The van der Waals surface area contributed by atoms with E-state index in [0.29, 0.717) is 5.69 Å². The van der Waals surface area contributed by atoms with E-state index in [2.05, 4.69) is 10.1 Å². The van der Waals surface area contributed by atoms with Crippen LogP contribution in [0.2, 0.25) is 0 Å². The Bertz CT molecular complexity index is 978. The number of nitrogens with one attached hydrogen (secondary N) is 1. The van der Waals surface area contributed by atoms with Crippen LogP contribution in [-0.2, 0) is 4.79 Å². The summed E-state index contributed by atoms with van der Waals surface area (Å²) in [5.74, 6) is -1.45. The molecule has 2 aromatic rings. The van der Waals surface area contributed by atoms with E-state index in [0.717, 1.165) is 35.9 Å². The van der Waals surface area contributed by atoms with Crippen molar-refractivity contribution in [3.8, 4) is 11.8 Å². The minimum Gasteiger partial charge on any atom is -0.430 e. The van der Waals surface area contributed by atoms with Crippen LogP contribution in [0.25, 0.3) is 6.08 Å². The number of para-hydroxylation sites is 1. The number of alkyl halides is 6. The number of nitriles is 1. The second-order valence-corrected chi connectivity index (χ2v) is 6.08. The van der Waals surface area contributed by atoms with E-state index >= 15 is 0 Å². The molecule has 1 atom stereocenters. The first-order valence-corrected chi connectivity index (χ1v) is 8.30. The molecule has 1 amide bonds. The molecule has 10 heteroatoms. The highest BCUT2D eigenvalue weighted by molar-refractivity contribution is 6.09. The number of carbonyl (C=O) groups is 1. The van der Waals surface area contributed by atoms with E-state index in [4.69, 9.17) is 0 Å². The molecule has 0 aliphatic heterocycles. The van der Waals surface area contributed by atoms with Crippen molar-refractivity contribution < 1.29 is 35.9 Å². The van der Waals surface area contributed by atoms with E-state index in [1.54, 1.807) is 37.3 Å². The van der Waals surface area contributed by atoms with Gasteiger partial charge in [0.2, 0.25) is 0 Å². The van der Waals surface area contributed by atoms with Gasteiger partial charge in [0.15, 0.2) is 0 Å². The number of amides is 1. The smallest absolute Gasteiger partial charge is 0.430 e. The Morgan fingerprint density at radius 2 is 1.70 bits per heavy atom. The predicted molar refractivity (Wildman–Crippen MR) is 96.4 cm³/mol. The maximum atomic E-state index is 13.3. The first-order valence-electron chi connectivity index (χ1n) is 8.30. The molecular formula is C20H14F6N2O2. The maximum Gasteiger partial charge on any atom is 0.439 e. The van der Waals surface area contributed by atoms with E-state index in [-0.39, 0.29) is 11.1 Å². The number of hydrogen-bond acceptors (Lipinski definition) is 3. The molecule has 0 bridgehead atoms. The summed E-state index contributed by atoms with van der Waals surface area (Å²) >= 11 is 0. The second kappa shape index (κ2) is 8.90. The van der Waals surface area contributed by atoms with Crippen molar-refractivity contribution in [3.63, 3.8) is 0 Å². The summed E-state index contributed by atoms with van der Waals surface area (Å²) in [5.41, 5.74) is 1.14. The molecule has 158 valence electrons. The lowest BCUT2D eigenvalue weighted by atomic mass is 10.1. The molecule has 0 aliphatic rings. The van der Waals surface area contributed by atoms with Crippen molar-refractivity contribution in [2.24, 2.45) is 0 Å². The summed E-state index contributed by atoms with van der Waals surface area (Å²) in [6, 6.07) is 12.5. The molecule has 30 heavy (non-hydrogen) atoms. The number of hydrogen-bond donors (Lipinski definition) is 1. The van der Waals surface area contributed by atoms with Gasteiger partial charge in [-0.05, 0) is 42.3 Å². The average Bonchev–Trinajstić information content (AvgIpc) is 2.67. The summed E-state index contributed by atoms with van der Waals surface area (Å²) in [5, 5.41) is 11.7. The van der Waals surface area contributed by atoms with Gasteiger partial charge < -0.3 is 10.1 Å². The van der Waals surface area contributed by atoms with E-state index in [1.807, 2.05) is 0 Å². The van der Waals surface area contributed by atoms with Crippen LogP contribution >= 0.6 is 0 Å². The van der Waals surface area contributed by atoms with Crippen LogP contribution in [0.4, 0.5) is 32.0 Å². The topological polar surface area (TPSA) is 62.1 Å². The summed E-state index contributed by atoms with van der Waals surface area (Å²) < 4.78 is 79.7. The van der Waals surface area contributed by atoms with Gasteiger partial charge in [0, 0.05) is 5.69 Å². The fraction of sp³-hybridized carbons (Fsp3) is 0.200. The van der Waals surface area contributed by atoms with E-state index in [1.165, 1.54) is 0 Å². The molecule has 1 unspecified atom stereocenters. The lowest BCUT2D eigenvalue weighted by molar-refractivity contribution is -0.304. The number of carbonyl (C=O) groups excluding carboxylic acids is 1. The zero-order chi connectivity index (χ0) is 22.5. The molecule has 0 aromatic heterocycles. The number of halogens is 6. The molecule has 1 N–H and O–H groups in total. The number of rotatable bonds is 6. The lowest BCUT2D eigenvalue weighted by Gasteiger charge is -2.23. The van der Waals surface area contributed by atoms with Gasteiger partial charge in [0.25, 0.3) is 12.1 Å². The highest BCUT2D eigenvalue weighted by atomic mass is 19.4. The number of anilines is 1. The minimum absolute atomic E-state index is 0.203. The largest absolute Gasteiger partial charge is 0.439 e. The van der Waals surface area contributed by atoms with Crippen LogP contribution in [0.5, 0.6) is 5.75 Å². The summed E-state index contributed by atoms with van der Waals surface area (Å²) in [6.07, 6.45) is -14.3. The van der Waals surface area contributed by atoms with Gasteiger partial charge in [-0.1, -0.05) is 30.3 Å². The third-order valence-electron chi connectivity index (χ3n) is 3.79. The van der Waals surface area contributed by atoms with Crippen LogP contribution in [0, 0.1) is 18.3 Å². The lowest BCUT2D eigenvalue weighted by Crippen LogP contribution is -2.45. The molecule has 4 nitrogen and oxygen atoms in total. The highest BCUT2D eigenvalue weighted by Gasteiger charge is 2.59. The SMILES string of the molecule is Cc1ccccc1NC(=O)/C(C#N)=C/c1ccc(OC(F)(F)C(F)C(F)(F)F)cc1. The molecular weight excluding hydrogens is 414 g/mol. The van der Waals surface area contributed by atoms with Gasteiger partial charge in [-0.25, -0.2) is 4.39 Å². The first-order chi connectivity index (χ1) is 13.9. The standard InChI is InChI=1S/C20H14F6N2O2/c1-12-4-2-3-5-16(12)28-17(29)14(11-27)10-13-6-8-15(9-7-13)30-20(25,26)18(21)19(22,23)24/h2-10,18H,1H3,(H,28,29)/b14-10+. The van der Waals surface area contributed by atoms with Crippen molar-refractivity contribution in [2.75, 3.05) is 5.32 Å². The van der Waals surface area contributed by atoms with Gasteiger partial charge in [-0.3, -0.25) is 4.79 Å². The Morgan fingerprint density at radius 1 is 1.10 bits per heavy atom. The molecule has 2 aromatic carbocycles. The van der Waals surface area contributed by atoms with E-state index in [9.17, 15) is 36.4 Å². The number of aryl methyl sites for hydroxylation is 1. The second-order valence-electron chi connectivity index (χ2n) is 6.08. The Balaban J connectivity index is 2.14. The monoisotopic (exact) mass is 428 g/mol. The molecule has 0 heterocycles. The zero-order valence-corrected chi connectivity index (χ0v) is 15.3. The van der Waals surface area contributed by atoms with Gasteiger partial charge >= 0.3 is 12.3 Å². The predicted octanol–water partition coefficient (Wildman–Crippen LogP) is 5.41. The van der Waals surface area contributed by atoms with Crippen molar-refractivity contribution in [2.45, 2.75) is 25.4 Å². The number of ether oxygens (including phenoxy) is 1. The van der Waals surface area contributed by atoms with Crippen LogP contribution in [0.3, 0.4) is 0 Å². The Labute approximate surface area is 167 Å². The van der Waals surface area contributed by atoms with Crippen LogP contribution < -0.4 is 10.1 Å². The third-order valence-corrected chi connectivity index (χ3v) is 3.79. The maximum absolute atomic E-state index is 13.3. The molecule has 0 aliphatic carbocycles. The van der Waals surface area contributed by atoms with Crippen LogP contribution in [0.1, 0.15) is 11.1 Å². The van der Waals surface area contributed by atoms with Crippen molar-refractivity contribution in [1.82, 2.24) is 0 Å². The Hall–Kier alpha value is -3.48. The molecule has 0 saturated heterocycles.